The highest BCUT2D eigenvalue weighted by atomic mass is 19.2. The summed E-state index contributed by atoms with van der Waals surface area (Å²) in [4.78, 5) is 25.0. The molecule has 6 heteroatoms. The van der Waals surface area contributed by atoms with Crippen LogP contribution in [0.25, 0.3) is 0 Å². The summed E-state index contributed by atoms with van der Waals surface area (Å²) >= 11 is 0. The highest BCUT2D eigenvalue weighted by Crippen LogP contribution is 2.31. The van der Waals surface area contributed by atoms with Crippen molar-refractivity contribution in [3.63, 3.8) is 0 Å². The van der Waals surface area contributed by atoms with E-state index in [1.807, 2.05) is 0 Å². The first-order valence-corrected chi connectivity index (χ1v) is 5.73. The smallest absolute Gasteiger partial charge is 0.266 e. The molecule has 0 unspecified atom stereocenters. The second kappa shape index (κ2) is 4.12. The van der Waals surface area contributed by atoms with Crippen LogP contribution >= 0.6 is 0 Å². The predicted molar refractivity (Wildman–Crippen MR) is 68.4 cm³/mol. The molecule has 2 amide bonds. The van der Waals surface area contributed by atoms with Gasteiger partial charge < -0.3 is 5.73 Å². The van der Waals surface area contributed by atoms with Crippen molar-refractivity contribution in [2.45, 2.75) is 0 Å². The molecule has 1 aliphatic rings. The van der Waals surface area contributed by atoms with Crippen molar-refractivity contribution in [2.75, 3.05) is 10.6 Å². The molecule has 0 atom stereocenters. The first-order valence-electron chi connectivity index (χ1n) is 5.73. The number of hydrogen-bond acceptors (Lipinski definition) is 3. The number of nitrogens with two attached hydrogens (primary N) is 1. The number of amides is 2. The van der Waals surface area contributed by atoms with Crippen molar-refractivity contribution in [1.82, 2.24) is 0 Å². The molecule has 1 heterocycles. The Morgan fingerprint density at radius 1 is 0.950 bits per heavy atom. The van der Waals surface area contributed by atoms with Gasteiger partial charge in [0.2, 0.25) is 0 Å². The number of rotatable bonds is 1. The summed E-state index contributed by atoms with van der Waals surface area (Å²) in [6.45, 7) is 0. The van der Waals surface area contributed by atoms with Gasteiger partial charge in [-0.05, 0) is 30.3 Å². The number of imide groups is 1. The van der Waals surface area contributed by atoms with E-state index in [1.165, 1.54) is 30.3 Å². The molecular formula is C14H8F2N2O2. The number of carbonyl (C=O) groups excluding carboxylic acids is 2. The summed E-state index contributed by atoms with van der Waals surface area (Å²) in [6.07, 6.45) is 0. The van der Waals surface area contributed by atoms with Gasteiger partial charge in [-0.2, -0.15) is 0 Å². The van der Waals surface area contributed by atoms with Gasteiger partial charge in [0.1, 0.15) is 0 Å². The monoisotopic (exact) mass is 274 g/mol. The summed E-state index contributed by atoms with van der Waals surface area (Å²) in [5.74, 6) is -3.79. The average Bonchev–Trinajstić information content (AvgIpc) is 2.65. The molecule has 20 heavy (non-hydrogen) atoms. The van der Waals surface area contributed by atoms with Crippen LogP contribution in [-0.2, 0) is 0 Å². The highest BCUT2D eigenvalue weighted by molar-refractivity contribution is 6.34. The fraction of sp³-hybridized carbons (Fsp3) is 0. The fourth-order valence-corrected chi connectivity index (χ4v) is 2.14. The maximum atomic E-state index is 13.8. The minimum atomic E-state index is -1.24. The van der Waals surface area contributed by atoms with Crippen LogP contribution in [-0.4, -0.2) is 11.8 Å². The maximum Gasteiger partial charge on any atom is 0.266 e. The molecule has 0 saturated heterocycles. The van der Waals surface area contributed by atoms with Crippen LogP contribution in [0, 0.1) is 11.6 Å². The molecule has 0 aliphatic carbocycles. The third-order valence-corrected chi connectivity index (χ3v) is 3.08. The van der Waals surface area contributed by atoms with Crippen LogP contribution in [0.5, 0.6) is 0 Å². The first kappa shape index (κ1) is 12.3. The zero-order chi connectivity index (χ0) is 14.4. The molecule has 2 aromatic carbocycles. The van der Waals surface area contributed by atoms with Crippen LogP contribution in [0.4, 0.5) is 20.2 Å². The van der Waals surface area contributed by atoms with E-state index in [4.69, 9.17) is 5.73 Å². The zero-order valence-corrected chi connectivity index (χ0v) is 10.1. The quantitative estimate of drug-likeness (QED) is 0.641. The molecule has 4 nitrogen and oxygen atoms in total. The zero-order valence-electron chi connectivity index (χ0n) is 10.1. The van der Waals surface area contributed by atoms with Crippen LogP contribution in [0.3, 0.4) is 0 Å². The number of carbonyl (C=O) groups is 2. The Kier molecular flexibility index (Phi) is 2.53. The summed E-state index contributed by atoms with van der Waals surface area (Å²) in [5, 5.41) is 0. The van der Waals surface area contributed by atoms with E-state index in [0.29, 0.717) is 10.6 Å². The second-order valence-electron chi connectivity index (χ2n) is 4.32. The Bertz CT molecular complexity index is 759. The standard InChI is InChI=1S/C14H8F2N2O2/c15-10-2-1-3-11(12(10)16)18-13(19)8-5-4-7(17)6-9(8)14(18)20/h1-6H,17H2. The van der Waals surface area contributed by atoms with Crippen molar-refractivity contribution in [3.05, 3.63) is 59.2 Å². The van der Waals surface area contributed by atoms with Crippen molar-refractivity contribution in [2.24, 2.45) is 0 Å². The topological polar surface area (TPSA) is 63.4 Å². The molecule has 2 aromatic rings. The van der Waals surface area contributed by atoms with Gasteiger partial charge in [-0.15, -0.1) is 0 Å². The fourth-order valence-electron chi connectivity index (χ4n) is 2.14. The van der Waals surface area contributed by atoms with E-state index in [2.05, 4.69) is 0 Å². The lowest BCUT2D eigenvalue weighted by atomic mass is 10.1. The number of hydrogen-bond donors (Lipinski definition) is 1. The Morgan fingerprint density at radius 2 is 1.65 bits per heavy atom. The van der Waals surface area contributed by atoms with E-state index < -0.39 is 29.1 Å². The lowest BCUT2D eigenvalue weighted by Crippen LogP contribution is -2.30. The van der Waals surface area contributed by atoms with Gasteiger partial charge in [-0.3, -0.25) is 9.59 Å². The molecular weight excluding hydrogens is 266 g/mol. The largest absolute Gasteiger partial charge is 0.399 e. The van der Waals surface area contributed by atoms with Crippen LogP contribution < -0.4 is 10.6 Å². The van der Waals surface area contributed by atoms with Gasteiger partial charge in [0, 0.05) is 5.69 Å². The molecule has 0 saturated carbocycles. The number of nitrogens with zero attached hydrogens (tertiary/aromatic N) is 1. The van der Waals surface area contributed by atoms with E-state index >= 15 is 0 Å². The van der Waals surface area contributed by atoms with Crippen LogP contribution in [0.15, 0.2) is 36.4 Å². The molecule has 0 spiro atoms. The minimum absolute atomic E-state index is 0.0821. The molecule has 0 bridgehead atoms. The van der Waals surface area contributed by atoms with Gasteiger partial charge in [-0.1, -0.05) is 6.07 Å². The first-order chi connectivity index (χ1) is 9.50. The predicted octanol–water partition coefficient (Wildman–Crippen LogP) is 2.35. The van der Waals surface area contributed by atoms with Crippen molar-refractivity contribution in [3.8, 4) is 0 Å². The Labute approximate surface area is 112 Å². The van der Waals surface area contributed by atoms with Crippen molar-refractivity contribution in [1.29, 1.82) is 0 Å². The highest BCUT2D eigenvalue weighted by Gasteiger charge is 2.38. The molecule has 0 fully saturated rings. The third kappa shape index (κ3) is 1.58. The molecule has 100 valence electrons. The van der Waals surface area contributed by atoms with Gasteiger partial charge in [0.15, 0.2) is 11.6 Å². The minimum Gasteiger partial charge on any atom is -0.399 e. The van der Waals surface area contributed by atoms with Gasteiger partial charge in [0.25, 0.3) is 11.8 Å². The van der Waals surface area contributed by atoms with E-state index in [9.17, 15) is 18.4 Å². The SMILES string of the molecule is Nc1ccc2c(c1)C(=O)N(c1cccc(F)c1F)C2=O. The van der Waals surface area contributed by atoms with Crippen molar-refractivity contribution >= 4 is 23.2 Å². The lowest BCUT2D eigenvalue weighted by Gasteiger charge is -2.14. The van der Waals surface area contributed by atoms with Gasteiger partial charge in [-0.25, -0.2) is 13.7 Å². The molecule has 3 rings (SSSR count). The number of anilines is 2. The molecule has 0 aromatic heterocycles. The Balaban J connectivity index is 2.17. The summed E-state index contributed by atoms with van der Waals surface area (Å²) in [7, 11) is 0. The van der Waals surface area contributed by atoms with Gasteiger partial charge >= 0.3 is 0 Å². The second-order valence-corrected chi connectivity index (χ2v) is 4.32. The Hall–Kier alpha value is -2.76. The van der Waals surface area contributed by atoms with Crippen LogP contribution in [0.2, 0.25) is 0 Å². The Morgan fingerprint density at radius 3 is 2.40 bits per heavy atom. The number of benzene rings is 2. The normalized spacial score (nSPS) is 13.8. The van der Waals surface area contributed by atoms with E-state index in [1.54, 1.807) is 0 Å². The molecule has 2 N–H and O–H groups in total. The third-order valence-electron chi connectivity index (χ3n) is 3.08. The van der Waals surface area contributed by atoms with E-state index in [-0.39, 0.29) is 11.1 Å². The van der Waals surface area contributed by atoms with Gasteiger partial charge in [0.05, 0.1) is 16.8 Å². The number of halogens is 2. The summed E-state index contributed by atoms with van der Waals surface area (Å²) in [5.41, 5.74) is 5.66. The summed E-state index contributed by atoms with van der Waals surface area (Å²) in [6, 6.07) is 7.51. The lowest BCUT2D eigenvalue weighted by molar-refractivity contribution is 0.0924. The van der Waals surface area contributed by atoms with E-state index in [0.717, 1.165) is 6.07 Å². The molecule has 1 aliphatic heterocycles. The van der Waals surface area contributed by atoms with Crippen LogP contribution in [0.1, 0.15) is 20.7 Å². The summed E-state index contributed by atoms with van der Waals surface area (Å²) < 4.78 is 27.0. The maximum absolute atomic E-state index is 13.8. The number of fused-ring (bicyclic) bond motifs is 1. The number of nitrogen functional groups attached to an aromatic ring is 1. The van der Waals surface area contributed by atoms with Crippen molar-refractivity contribution < 1.29 is 18.4 Å². The average molecular weight is 274 g/mol. The molecule has 0 radical (unpaired) electrons.